The van der Waals surface area contributed by atoms with Gasteiger partial charge in [-0.25, -0.2) is 8.42 Å². The van der Waals surface area contributed by atoms with Crippen LogP contribution in [0.15, 0.2) is 24.3 Å². The van der Waals surface area contributed by atoms with Gasteiger partial charge in [0.05, 0.1) is 12.4 Å². The highest BCUT2D eigenvalue weighted by Gasteiger charge is 2.27. The molecule has 1 N–H and O–H groups in total. The van der Waals surface area contributed by atoms with E-state index in [1.165, 1.54) is 0 Å². The number of benzene rings is 1. The Morgan fingerprint density at radius 2 is 2.16 bits per heavy atom. The zero-order valence-electron chi connectivity index (χ0n) is 10.9. The van der Waals surface area contributed by atoms with Crippen molar-refractivity contribution in [1.29, 1.82) is 0 Å². The highest BCUT2D eigenvalue weighted by molar-refractivity contribution is 8.00. The van der Waals surface area contributed by atoms with Crippen molar-refractivity contribution in [2.45, 2.75) is 24.5 Å². The number of aliphatic hydroxyl groups excluding tert-OH is 1. The van der Waals surface area contributed by atoms with E-state index in [2.05, 4.69) is 6.92 Å². The smallest absolute Gasteiger partial charge is 0.218 e. The number of rotatable bonds is 4. The Bertz CT molecular complexity index is 530. The molecule has 6 heteroatoms. The molecule has 0 spiro atoms. The summed E-state index contributed by atoms with van der Waals surface area (Å²) < 4.78 is 26.3. The third-order valence-corrected chi connectivity index (χ3v) is 6.07. The molecule has 1 aromatic carbocycles. The van der Waals surface area contributed by atoms with Gasteiger partial charge in [-0.05, 0) is 11.1 Å². The number of sulfonamides is 1. The van der Waals surface area contributed by atoms with Gasteiger partial charge in [-0.3, -0.25) is 0 Å². The summed E-state index contributed by atoms with van der Waals surface area (Å²) in [5.74, 6) is 0.870. The first-order chi connectivity index (χ1) is 9.01. The summed E-state index contributed by atoms with van der Waals surface area (Å²) >= 11 is 1.81. The molecule has 1 heterocycles. The Morgan fingerprint density at radius 3 is 2.84 bits per heavy atom. The molecule has 1 atom stereocenters. The van der Waals surface area contributed by atoms with Crippen molar-refractivity contribution in [3.8, 4) is 0 Å². The monoisotopic (exact) mass is 301 g/mol. The van der Waals surface area contributed by atoms with Crippen molar-refractivity contribution in [2.75, 3.05) is 18.8 Å². The van der Waals surface area contributed by atoms with Gasteiger partial charge in [0, 0.05) is 24.1 Å². The summed E-state index contributed by atoms with van der Waals surface area (Å²) in [6.07, 6.45) is 0. The van der Waals surface area contributed by atoms with Crippen LogP contribution in [0.4, 0.5) is 0 Å². The molecule has 1 aromatic rings. The quantitative estimate of drug-likeness (QED) is 0.914. The second-order valence-electron chi connectivity index (χ2n) is 4.77. The summed E-state index contributed by atoms with van der Waals surface area (Å²) in [6.45, 7) is 3.17. The summed E-state index contributed by atoms with van der Waals surface area (Å²) in [5, 5.41) is 9.44. The molecule has 1 unspecified atom stereocenters. The van der Waals surface area contributed by atoms with Crippen LogP contribution in [0.1, 0.15) is 18.1 Å². The Hall–Kier alpha value is -0.560. The van der Waals surface area contributed by atoms with E-state index in [0.717, 1.165) is 16.9 Å². The lowest BCUT2D eigenvalue weighted by Crippen LogP contribution is -2.41. The standard InChI is InChI=1S/C13H19NO3S2/c1-11-8-14(5-6-18-11)19(16,17)10-13-4-2-3-12(7-13)9-15/h2-4,7,11,15H,5-6,8-10H2,1H3. The molecule has 106 valence electrons. The summed E-state index contributed by atoms with van der Waals surface area (Å²) in [5.41, 5.74) is 1.48. The Morgan fingerprint density at radius 1 is 1.42 bits per heavy atom. The molecule has 0 bridgehead atoms. The van der Waals surface area contributed by atoms with Gasteiger partial charge in [-0.2, -0.15) is 16.1 Å². The highest BCUT2D eigenvalue weighted by Crippen LogP contribution is 2.22. The molecular formula is C13H19NO3S2. The van der Waals surface area contributed by atoms with Gasteiger partial charge in [0.1, 0.15) is 0 Å². The minimum Gasteiger partial charge on any atom is -0.392 e. The fourth-order valence-corrected chi connectivity index (χ4v) is 4.99. The molecule has 1 saturated heterocycles. The van der Waals surface area contributed by atoms with E-state index in [1.54, 1.807) is 28.6 Å². The highest BCUT2D eigenvalue weighted by atomic mass is 32.2. The van der Waals surface area contributed by atoms with Gasteiger partial charge in [0.15, 0.2) is 0 Å². The SMILES string of the molecule is CC1CN(S(=O)(=O)Cc2cccc(CO)c2)CCS1. The number of hydrogen-bond acceptors (Lipinski definition) is 4. The third kappa shape index (κ3) is 3.95. The lowest BCUT2D eigenvalue weighted by molar-refractivity contribution is 0.281. The third-order valence-electron chi connectivity index (χ3n) is 3.12. The lowest BCUT2D eigenvalue weighted by atomic mass is 10.1. The number of hydrogen-bond donors (Lipinski definition) is 1. The predicted molar refractivity (Wildman–Crippen MR) is 78.5 cm³/mol. The van der Waals surface area contributed by atoms with Crippen LogP contribution in [0.2, 0.25) is 0 Å². The van der Waals surface area contributed by atoms with Crippen molar-refractivity contribution in [3.05, 3.63) is 35.4 Å². The fraction of sp³-hybridized carbons (Fsp3) is 0.538. The maximum atomic E-state index is 12.4. The van der Waals surface area contributed by atoms with E-state index in [4.69, 9.17) is 5.11 Å². The Kier molecular flexibility index (Phi) is 4.89. The van der Waals surface area contributed by atoms with Crippen molar-refractivity contribution in [1.82, 2.24) is 4.31 Å². The first-order valence-electron chi connectivity index (χ1n) is 6.29. The van der Waals surface area contributed by atoms with Crippen LogP contribution in [0.5, 0.6) is 0 Å². The molecule has 1 aliphatic heterocycles. The largest absolute Gasteiger partial charge is 0.392 e. The molecule has 0 saturated carbocycles. The maximum Gasteiger partial charge on any atom is 0.218 e. The number of thioether (sulfide) groups is 1. The zero-order valence-corrected chi connectivity index (χ0v) is 12.6. The molecule has 0 aromatic heterocycles. The van der Waals surface area contributed by atoms with Crippen LogP contribution in [-0.2, 0) is 22.4 Å². The van der Waals surface area contributed by atoms with Gasteiger partial charge in [-0.1, -0.05) is 31.2 Å². The van der Waals surface area contributed by atoms with E-state index in [-0.39, 0.29) is 12.4 Å². The van der Waals surface area contributed by atoms with Gasteiger partial charge >= 0.3 is 0 Å². The second kappa shape index (κ2) is 6.26. The van der Waals surface area contributed by atoms with E-state index in [0.29, 0.717) is 18.3 Å². The van der Waals surface area contributed by atoms with Gasteiger partial charge < -0.3 is 5.11 Å². The van der Waals surface area contributed by atoms with E-state index >= 15 is 0 Å². The van der Waals surface area contributed by atoms with Gasteiger partial charge in [0.25, 0.3) is 0 Å². The topological polar surface area (TPSA) is 57.6 Å². The maximum absolute atomic E-state index is 12.4. The normalized spacial score (nSPS) is 21.5. The first kappa shape index (κ1) is 14.8. The summed E-state index contributed by atoms with van der Waals surface area (Å²) in [7, 11) is -3.26. The lowest BCUT2D eigenvalue weighted by Gasteiger charge is -2.29. The molecular weight excluding hydrogens is 282 g/mol. The Balaban J connectivity index is 2.11. The number of nitrogens with zero attached hydrogens (tertiary/aromatic N) is 1. The first-order valence-corrected chi connectivity index (χ1v) is 8.95. The predicted octanol–water partition coefficient (Wildman–Crippen LogP) is 1.45. The van der Waals surface area contributed by atoms with E-state index in [9.17, 15) is 8.42 Å². The molecule has 0 radical (unpaired) electrons. The fourth-order valence-electron chi connectivity index (χ4n) is 2.16. The minimum absolute atomic E-state index is 0.0121. The van der Waals surface area contributed by atoms with Crippen LogP contribution in [0.3, 0.4) is 0 Å². The average Bonchev–Trinajstić information content (AvgIpc) is 2.38. The molecule has 0 amide bonds. The van der Waals surface area contributed by atoms with Gasteiger partial charge in [0.2, 0.25) is 10.0 Å². The van der Waals surface area contributed by atoms with E-state index in [1.807, 2.05) is 11.8 Å². The van der Waals surface area contributed by atoms with Crippen LogP contribution < -0.4 is 0 Å². The summed E-state index contributed by atoms with van der Waals surface area (Å²) in [6, 6.07) is 7.11. The van der Waals surface area contributed by atoms with Crippen LogP contribution in [0, 0.1) is 0 Å². The van der Waals surface area contributed by atoms with Crippen molar-refractivity contribution in [2.24, 2.45) is 0 Å². The molecule has 1 aliphatic rings. The van der Waals surface area contributed by atoms with Crippen LogP contribution in [-0.4, -0.2) is 41.9 Å². The molecule has 4 nitrogen and oxygen atoms in total. The Labute approximate surface area is 118 Å². The number of aliphatic hydroxyl groups is 1. The van der Waals surface area contributed by atoms with Crippen LogP contribution in [0.25, 0.3) is 0 Å². The minimum atomic E-state index is -3.26. The van der Waals surface area contributed by atoms with Crippen molar-refractivity contribution >= 4 is 21.8 Å². The zero-order chi connectivity index (χ0) is 13.9. The molecule has 0 aliphatic carbocycles. The van der Waals surface area contributed by atoms with E-state index < -0.39 is 10.0 Å². The van der Waals surface area contributed by atoms with Crippen molar-refractivity contribution < 1.29 is 13.5 Å². The van der Waals surface area contributed by atoms with Crippen molar-refractivity contribution in [3.63, 3.8) is 0 Å². The molecule has 1 fully saturated rings. The van der Waals surface area contributed by atoms with Crippen LogP contribution >= 0.6 is 11.8 Å². The van der Waals surface area contributed by atoms with Gasteiger partial charge in [-0.15, -0.1) is 0 Å². The molecule has 2 rings (SSSR count). The molecule has 19 heavy (non-hydrogen) atoms. The summed E-state index contributed by atoms with van der Waals surface area (Å²) in [4.78, 5) is 0. The second-order valence-corrected chi connectivity index (χ2v) is 8.29. The average molecular weight is 301 g/mol.